The van der Waals surface area contributed by atoms with E-state index in [1.54, 1.807) is 24.3 Å². The Hall–Kier alpha value is -1.35. The Kier molecular flexibility index (Phi) is 2.02. The SMILES string of the molecule is Fc1c[c]n(-c2ccccc2Cl)n1. The van der Waals surface area contributed by atoms with Crippen LogP contribution in [0.15, 0.2) is 30.3 Å². The van der Waals surface area contributed by atoms with Crippen molar-refractivity contribution in [2.45, 2.75) is 0 Å². The van der Waals surface area contributed by atoms with Gasteiger partial charge in [-0.25, -0.2) is 4.68 Å². The van der Waals surface area contributed by atoms with Gasteiger partial charge in [0.2, 0.25) is 5.95 Å². The van der Waals surface area contributed by atoms with Gasteiger partial charge in [-0.15, -0.1) is 5.10 Å². The van der Waals surface area contributed by atoms with Crippen molar-refractivity contribution in [3.63, 3.8) is 0 Å². The third-order valence-electron chi connectivity index (χ3n) is 1.58. The van der Waals surface area contributed by atoms with Crippen molar-refractivity contribution in [3.05, 3.63) is 47.5 Å². The molecule has 0 N–H and O–H groups in total. The first-order chi connectivity index (χ1) is 6.27. The predicted molar refractivity (Wildman–Crippen MR) is 47.4 cm³/mol. The summed E-state index contributed by atoms with van der Waals surface area (Å²) in [5, 5.41) is 4.07. The molecule has 65 valence electrons. The van der Waals surface area contributed by atoms with E-state index in [0.29, 0.717) is 10.7 Å². The van der Waals surface area contributed by atoms with Crippen LogP contribution < -0.4 is 0 Å². The third kappa shape index (κ3) is 1.55. The molecule has 0 saturated heterocycles. The first kappa shape index (κ1) is 8.26. The Morgan fingerprint density at radius 2 is 2.15 bits per heavy atom. The van der Waals surface area contributed by atoms with E-state index >= 15 is 0 Å². The zero-order valence-corrected chi connectivity index (χ0v) is 7.29. The van der Waals surface area contributed by atoms with Crippen LogP contribution in [0.2, 0.25) is 5.02 Å². The lowest BCUT2D eigenvalue weighted by Gasteiger charge is -2.01. The lowest BCUT2D eigenvalue weighted by Crippen LogP contribution is -1.95. The number of rotatable bonds is 1. The zero-order valence-electron chi connectivity index (χ0n) is 6.54. The van der Waals surface area contributed by atoms with E-state index in [1.807, 2.05) is 0 Å². The van der Waals surface area contributed by atoms with Gasteiger partial charge in [0.15, 0.2) is 0 Å². The van der Waals surface area contributed by atoms with Crippen LogP contribution in [0.1, 0.15) is 0 Å². The summed E-state index contributed by atoms with van der Waals surface area (Å²) in [6.45, 7) is 0. The molecule has 0 saturated carbocycles. The van der Waals surface area contributed by atoms with E-state index in [4.69, 9.17) is 11.6 Å². The largest absolute Gasteiger partial charge is 0.233 e. The van der Waals surface area contributed by atoms with Crippen molar-refractivity contribution < 1.29 is 4.39 Å². The van der Waals surface area contributed by atoms with Crippen molar-refractivity contribution >= 4 is 11.6 Å². The van der Waals surface area contributed by atoms with Crippen LogP contribution in [0, 0.1) is 12.1 Å². The Bertz CT molecular complexity index is 425. The number of aromatic nitrogens is 2. The van der Waals surface area contributed by atoms with Crippen molar-refractivity contribution in [2.24, 2.45) is 0 Å². The monoisotopic (exact) mass is 195 g/mol. The minimum atomic E-state index is -0.570. The van der Waals surface area contributed by atoms with Gasteiger partial charge >= 0.3 is 0 Å². The number of hydrogen-bond donors (Lipinski definition) is 0. The summed E-state index contributed by atoms with van der Waals surface area (Å²) in [5.74, 6) is -0.570. The standard InChI is InChI=1S/C9H5ClFN2/c10-7-3-1-2-4-8(7)13-6-5-9(11)12-13/h1-5H. The number of para-hydroxylation sites is 1. The maximum absolute atomic E-state index is 12.5. The van der Waals surface area contributed by atoms with E-state index in [-0.39, 0.29) is 0 Å². The van der Waals surface area contributed by atoms with Crippen LogP contribution in [0.25, 0.3) is 5.69 Å². The fourth-order valence-electron chi connectivity index (χ4n) is 1.01. The molecule has 13 heavy (non-hydrogen) atoms. The second-order valence-corrected chi connectivity index (χ2v) is 2.87. The molecular formula is C9H5ClFN2. The van der Waals surface area contributed by atoms with Crippen molar-refractivity contribution in [1.82, 2.24) is 9.78 Å². The third-order valence-corrected chi connectivity index (χ3v) is 1.90. The number of nitrogens with zero attached hydrogens (tertiary/aromatic N) is 2. The highest BCUT2D eigenvalue weighted by Gasteiger charge is 2.03. The van der Waals surface area contributed by atoms with Gasteiger partial charge in [-0.1, -0.05) is 23.7 Å². The predicted octanol–water partition coefficient (Wildman–Crippen LogP) is 2.46. The number of halogens is 2. The molecule has 0 aliphatic heterocycles. The Morgan fingerprint density at radius 1 is 1.38 bits per heavy atom. The van der Waals surface area contributed by atoms with Gasteiger partial charge in [-0.2, -0.15) is 4.39 Å². The average molecular weight is 196 g/mol. The molecule has 0 bridgehead atoms. The summed E-state index contributed by atoms with van der Waals surface area (Å²) < 4.78 is 13.8. The van der Waals surface area contributed by atoms with E-state index in [2.05, 4.69) is 11.3 Å². The molecule has 1 heterocycles. The molecule has 0 aliphatic carbocycles. The maximum Gasteiger partial charge on any atom is 0.233 e. The second kappa shape index (κ2) is 3.18. The Morgan fingerprint density at radius 3 is 2.77 bits per heavy atom. The topological polar surface area (TPSA) is 17.8 Å². The molecule has 1 aromatic carbocycles. The zero-order chi connectivity index (χ0) is 9.26. The summed E-state index contributed by atoms with van der Waals surface area (Å²) >= 11 is 5.86. The van der Waals surface area contributed by atoms with E-state index in [1.165, 1.54) is 4.68 Å². The van der Waals surface area contributed by atoms with Gasteiger partial charge in [0.05, 0.1) is 16.9 Å². The minimum Gasteiger partial charge on any atom is -0.227 e. The minimum absolute atomic E-state index is 0.516. The summed E-state index contributed by atoms with van der Waals surface area (Å²) in [5.41, 5.74) is 0.619. The fraction of sp³-hybridized carbons (Fsp3) is 0. The molecule has 1 radical (unpaired) electrons. The Labute approximate surface area is 79.6 Å². The molecular weight excluding hydrogens is 191 g/mol. The average Bonchev–Trinajstić information content (AvgIpc) is 2.53. The van der Waals surface area contributed by atoms with Gasteiger partial charge in [0.25, 0.3) is 0 Å². The molecule has 1 aromatic heterocycles. The molecule has 0 atom stereocenters. The molecule has 0 spiro atoms. The van der Waals surface area contributed by atoms with Gasteiger partial charge < -0.3 is 0 Å². The lowest BCUT2D eigenvalue weighted by atomic mass is 10.3. The van der Waals surface area contributed by atoms with Crippen LogP contribution in [0.3, 0.4) is 0 Å². The van der Waals surface area contributed by atoms with Gasteiger partial charge in [0, 0.05) is 6.07 Å². The molecule has 0 aliphatic rings. The normalized spacial score (nSPS) is 10.3. The van der Waals surface area contributed by atoms with Crippen LogP contribution in [-0.4, -0.2) is 9.78 Å². The fourth-order valence-corrected chi connectivity index (χ4v) is 1.23. The summed E-state index contributed by atoms with van der Waals surface area (Å²) in [6, 6.07) is 8.21. The summed E-state index contributed by atoms with van der Waals surface area (Å²) in [7, 11) is 0. The molecule has 0 unspecified atom stereocenters. The lowest BCUT2D eigenvalue weighted by molar-refractivity contribution is 0.566. The molecule has 0 amide bonds. The van der Waals surface area contributed by atoms with Crippen LogP contribution >= 0.6 is 11.6 Å². The van der Waals surface area contributed by atoms with E-state index in [9.17, 15) is 4.39 Å². The van der Waals surface area contributed by atoms with Gasteiger partial charge in [0.1, 0.15) is 0 Å². The van der Waals surface area contributed by atoms with Crippen molar-refractivity contribution in [2.75, 3.05) is 0 Å². The first-order valence-electron chi connectivity index (χ1n) is 3.65. The molecule has 2 rings (SSSR count). The summed E-state index contributed by atoms with van der Waals surface area (Å²) in [4.78, 5) is 0. The highest BCUT2D eigenvalue weighted by Crippen LogP contribution is 2.18. The molecule has 2 aromatic rings. The molecule has 4 heteroatoms. The van der Waals surface area contributed by atoms with Gasteiger partial charge in [-0.05, 0) is 12.1 Å². The quantitative estimate of drug-likeness (QED) is 0.684. The van der Waals surface area contributed by atoms with Crippen molar-refractivity contribution in [3.8, 4) is 5.69 Å². The van der Waals surface area contributed by atoms with Crippen LogP contribution in [0.4, 0.5) is 4.39 Å². The maximum atomic E-state index is 12.5. The van der Waals surface area contributed by atoms with Crippen LogP contribution in [0.5, 0.6) is 0 Å². The van der Waals surface area contributed by atoms with E-state index < -0.39 is 5.95 Å². The highest BCUT2D eigenvalue weighted by atomic mass is 35.5. The smallest absolute Gasteiger partial charge is 0.227 e. The van der Waals surface area contributed by atoms with Crippen LogP contribution in [-0.2, 0) is 0 Å². The molecule has 2 nitrogen and oxygen atoms in total. The second-order valence-electron chi connectivity index (χ2n) is 2.46. The number of benzene rings is 1. The summed E-state index contributed by atoms with van der Waals surface area (Å²) in [6.07, 6.45) is 2.61. The van der Waals surface area contributed by atoms with Crippen molar-refractivity contribution in [1.29, 1.82) is 0 Å². The highest BCUT2D eigenvalue weighted by molar-refractivity contribution is 6.32. The number of hydrogen-bond acceptors (Lipinski definition) is 1. The van der Waals surface area contributed by atoms with Gasteiger partial charge in [-0.3, -0.25) is 0 Å². The molecule has 0 fully saturated rings. The first-order valence-corrected chi connectivity index (χ1v) is 4.03. The van der Waals surface area contributed by atoms with E-state index in [0.717, 1.165) is 6.07 Å². The Balaban J connectivity index is 2.52.